The second-order valence-electron chi connectivity index (χ2n) is 6.82. The minimum Gasteiger partial charge on any atom is -0.336 e. The van der Waals surface area contributed by atoms with Crippen LogP contribution in [0.4, 0.5) is 0 Å². The minimum atomic E-state index is 0.652. The second-order valence-corrected chi connectivity index (χ2v) is 6.82. The first-order valence-corrected chi connectivity index (χ1v) is 9.37. The summed E-state index contributed by atoms with van der Waals surface area (Å²) in [6.45, 7) is 0. The van der Waals surface area contributed by atoms with Gasteiger partial charge in [0.2, 0.25) is 0 Å². The summed E-state index contributed by atoms with van der Waals surface area (Å²) in [6.07, 6.45) is 10.7. The van der Waals surface area contributed by atoms with E-state index in [4.69, 9.17) is 4.98 Å². The van der Waals surface area contributed by atoms with Crippen LogP contribution in [0, 0.1) is 0 Å². The molecule has 0 fully saturated rings. The lowest BCUT2D eigenvalue weighted by molar-refractivity contribution is 1.09. The van der Waals surface area contributed by atoms with Crippen LogP contribution >= 0.6 is 0 Å². The molecule has 8 nitrogen and oxygen atoms in total. The summed E-state index contributed by atoms with van der Waals surface area (Å²) in [7, 11) is 0. The van der Waals surface area contributed by atoms with Crippen LogP contribution in [0.25, 0.3) is 56.0 Å². The van der Waals surface area contributed by atoms with Crippen LogP contribution in [0.3, 0.4) is 0 Å². The molecule has 0 saturated heterocycles. The van der Waals surface area contributed by atoms with Crippen LogP contribution in [0.5, 0.6) is 0 Å². The van der Waals surface area contributed by atoms with Gasteiger partial charge >= 0.3 is 0 Å². The Labute approximate surface area is 170 Å². The van der Waals surface area contributed by atoms with Gasteiger partial charge in [0, 0.05) is 53.9 Å². The number of nitrogens with zero attached hydrogens (tertiary/aromatic N) is 6. The SMILES string of the molecule is c1cncc(-c2cnc3[nH]nc(-c4nc5c(-c6cccnc6)nccc5[nH]4)c3c2)c1. The monoisotopic (exact) mass is 390 g/mol. The number of hydrogen-bond donors (Lipinski definition) is 2. The number of pyridine rings is 4. The summed E-state index contributed by atoms with van der Waals surface area (Å²) in [4.78, 5) is 25.6. The maximum atomic E-state index is 4.82. The Balaban J connectivity index is 1.52. The average molecular weight is 390 g/mol. The number of aromatic amines is 2. The number of hydrogen-bond acceptors (Lipinski definition) is 6. The highest BCUT2D eigenvalue weighted by Gasteiger charge is 2.17. The number of nitrogens with one attached hydrogen (secondary N) is 2. The van der Waals surface area contributed by atoms with Gasteiger partial charge in [-0.05, 0) is 30.3 Å². The zero-order chi connectivity index (χ0) is 19.9. The lowest BCUT2D eigenvalue weighted by Crippen LogP contribution is -1.86. The van der Waals surface area contributed by atoms with Gasteiger partial charge in [0.1, 0.15) is 11.2 Å². The number of fused-ring (bicyclic) bond motifs is 2. The molecule has 0 aromatic carbocycles. The summed E-state index contributed by atoms with van der Waals surface area (Å²) in [5, 5.41) is 8.34. The first kappa shape index (κ1) is 16.5. The largest absolute Gasteiger partial charge is 0.336 e. The number of aromatic nitrogens is 8. The van der Waals surface area contributed by atoms with Crippen molar-refractivity contribution in [3.63, 3.8) is 0 Å². The van der Waals surface area contributed by atoms with Gasteiger partial charge in [-0.15, -0.1) is 0 Å². The quantitative estimate of drug-likeness (QED) is 0.472. The van der Waals surface area contributed by atoms with E-state index in [1.54, 1.807) is 24.8 Å². The first-order chi connectivity index (χ1) is 14.9. The van der Waals surface area contributed by atoms with Gasteiger partial charge < -0.3 is 4.98 Å². The zero-order valence-corrected chi connectivity index (χ0v) is 15.6. The Kier molecular flexibility index (Phi) is 3.60. The van der Waals surface area contributed by atoms with E-state index in [1.807, 2.05) is 48.8 Å². The van der Waals surface area contributed by atoms with Crippen LogP contribution in [0.1, 0.15) is 0 Å². The molecule has 0 saturated carbocycles. The van der Waals surface area contributed by atoms with Crippen molar-refractivity contribution in [2.24, 2.45) is 0 Å². The Hall–Kier alpha value is -4.46. The highest BCUT2D eigenvalue weighted by atomic mass is 15.2. The average Bonchev–Trinajstić information content (AvgIpc) is 3.43. The molecule has 8 heteroatoms. The fourth-order valence-corrected chi connectivity index (χ4v) is 3.54. The Morgan fingerprint density at radius 3 is 2.37 bits per heavy atom. The van der Waals surface area contributed by atoms with Gasteiger partial charge in [-0.1, -0.05) is 6.07 Å². The van der Waals surface area contributed by atoms with Crippen LogP contribution in [0.2, 0.25) is 0 Å². The van der Waals surface area contributed by atoms with Gasteiger partial charge in [0.25, 0.3) is 0 Å². The van der Waals surface area contributed by atoms with E-state index in [0.29, 0.717) is 17.2 Å². The van der Waals surface area contributed by atoms with Crippen molar-refractivity contribution < 1.29 is 0 Å². The molecule has 6 aromatic rings. The standard InChI is InChI=1S/C22H14N8/c1-3-13(10-23-6-1)15-9-16-19(29-30-21(16)26-12-15)22-27-17-5-8-25-18(20(17)28-22)14-4-2-7-24-11-14/h1-12H,(H,27,28)(H,26,29,30). The fraction of sp³-hybridized carbons (Fsp3) is 0. The van der Waals surface area contributed by atoms with E-state index in [2.05, 4.69) is 35.1 Å². The molecule has 0 amide bonds. The van der Waals surface area contributed by atoms with Crippen LogP contribution in [-0.4, -0.2) is 40.1 Å². The predicted molar refractivity (Wildman–Crippen MR) is 113 cm³/mol. The summed E-state index contributed by atoms with van der Waals surface area (Å²) >= 11 is 0. The Bertz CT molecular complexity index is 1490. The normalized spacial score (nSPS) is 11.3. The van der Waals surface area contributed by atoms with Crippen molar-refractivity contribution in [3.8, 4) is 33.9 Å². The van der Waals surface area contributed by atoms with E-state index in [9.17, 15) is 0 Å². The number of imidazole rings is 1. The molecule has 6 heterocycles. The molecule has 0 aliphatic carbocycles. The molecule has 0 aliphatic rings. The van der Waals surface area contributed by atoms with Gasteiger partial charge in [-0.25, -0.2) is 9.97 Å². The van der Waals surface area contributed by atoms with Crippen molar-refractivity contribution >= 4 is 22.1 Å². The molecule has 0 atom stereocenters. The van der Waals surface area contributed by atoms with Crippen molar-refractivity contribution in [3.05, 3.63) is 73.6 Å². The minimum absolute atomic E-state index is 0.652. The summed E-state index contributed by atoms with van der Waals surface area (Å²) < 4.78 is 0. The van der Waals surface area contributed by atoms with Crippen molar-refractivity contribution in [2.75, 3.05) is 0 Å². The predicted octanol–water partition coefficient (Wildman–Crippen LogP) is 4.02. The highest BCUT2D eigenvalue weighted by molar-refractivity contribution is 5.96. The number of H-pyrrole nitrogens is 2. The molecule has 6 rings (SSSR count). The Morgan fingerprint density at radius 1 is 0.733 bits per heavy atom. The molecule has 30 heavy (non-hydrogen) atoms. The summed E-state index contributed by atoms with van der Waals surface area (Å²) in [6, 6.07) is 11.7. The summed E-state index contributed by atoms with van der Waals surface area (Å²) in [5.74, 6) is 0.652. The van der Waals surface area contributed by atoms with Crippen LogP contribution < -0.4 is 0 Å². The highest BCUT2D eigenvalue weighted by Crippen LogP contribution is 2.31. The Morgan fingerprint density at radius 2 is 1.57 bits per heavy atom. The van der Waals surface area contributed by atoms with Crippen LogP contribution in [-0.2, 0) is 0 Å². The molecule has 0 radical (unpaired) electrons. The lowest BCUT2D eigenvalue weighted by atomic mass is 10.1. The topological polar surface area (TPSA) is 109 Å². The third kappa shape index (κ3) is 2.62. The molecule has 6 aromatic heterocycles. The maximum absolute atomic E-state index is 4.82. The smallest absolute Gasteiger partial charge is 0.159 e. The van der Waals surface area contributed by atoms with Gasteiger partial charge in [0.15, 0.2) is 11.5 Å². The molecular formula is C22H14N8. The van der Waals surface area contributed by atoms with E-state index in [-0.39, 0.29) is 0 Å². The molecular weight excluding hydrogens is 376 g/mol. The third-order valence-corrected chi connectivity index (χ3v) is 4.97. The van der Waals surface area contributed by atoms with E-state index in [0.717, 1.165) is 38.8 Å². The zero-order valence-electron chi connectivity index (χ0n) is 15.6. The number of rotatable bonds is 3. The van der Waals surface area contributed by atoms with Gasteiger partial charge in [-0.2, -0.15) is 5.10 Å². The molecule has 2 N–H and O–H groups in total. The van der Waals surface area contributed by atoms with E-state index < -0.39 is 0 Å². The van der Waals surface area contributed by atoms with Gasteiger partial charge in [0.05, 0.1) is 16.6 Å². The van der Waals surface area contributed by atoms with Crippen molar-refractivity contribution in [1.82, 2.24) is 40.1 Å². The first-order valence-electron chi connectivity index (χ1n) is 9.37. The van der Waals surface area contributed by atoms with Crippen LogP contribution in [0.15, 0.2) is 73.6 Å². The fourth-order valence-electron chi connectivity index (χ4n) is 3.54. The molecule has 0 bridgehead atoms. The molecule has 0 aliphatic heterocycles. The van der Waals surface area contributed by atoms with Crippen molar-refractivity contribution in [2.45, 2.75) is 0 Å². The molecule has 0 unspecified atom stereocenters. The van der Waals surface area contributed by atoms with E-state index in [1.165, 1.54) is 0 Å². The van der Waals surface area contributed by atoms with E-state index >= 15 is 0 Å². The molecule has 0 spiro atoms. The van der Waals surface area contributed by atoms with Crippen molar-refractivity contribution in [1.29, 1.82) is 0 Å². The third-order valence-electron chi connectivity index (χ3n) is 4.97. The second kappa shape index (κ2) is 6.56. The maximum Gasteiger partial charge on any atom is 0.159 e. The summed E-state index contributed by atoms with van der Waals surface area (Å²) in [5.41, 5.74) is 6.70. The van der Waals surface area contributed by atoms with Gasteiger partial charge in [-0.3, -0.25) is 20.1 Å². The molecule has 142 valence electrons. The lowest BCUT2D eigenvalue weighted by Gasteiger charge is -2.00.